The number of aromatic nitrogens is 1. The van der Waals surface area contributed by atoms with Gasteiger partial charge in [0.1, 0.15) is 11.6 Å². The summed E-state index contributed by atoms with van der Waals surface area (Å²) in [5.74, 6) is 0.476. The molecule has 0 amide bonds. The molecule has 2 aromatic rings. The van der Waals surface area contributed by atoms with Gasteiger partial charge >= 0.3 is 0 Å². The predicted molar refractivity (Wildman–Crippen MR) is 77.3 cm³/mol. The lowest BCUT2D eigenvalue weighted by Gasteiger charge is -2.21. The first-order valence-corrected chi connectivity index (χ1v) is 6.81. The van der Waals surface area contributed by atoms with Crippen molar-refractivity contribution in [3.63, 3.8) is 0 Å². The number of benzene rings is 1. The third kappa shape index (κ3) is 3.33. The molecule has 1 atom stereocenters. The fraction of sp³-hybridized carbons (Fsp3) is 0.312. The second kappa shape index (κ2) is 7.01. The summed E-state index contributed by atoms with van der Waals surface area (Å²) in [6.07, 6.45) is 2.89. The highest BCUT2D eigenvalue weighted by atomic mass is 19.1. The number of hydrogen-bond acceptors (Lipinski definition) is 3. The number of para-hydroxylation sites is 1. The summed E-state index contributed by atoms with van der Waals surface area (Å²) >= 11 is 0. The van der Waals surface area contributed by atoms with E-state index < -0.39 is 0 Å². The molecule has 0 spiro atoms. The molecule has 1 aromatic heterocycles. The maximum absolute atomic E-state index is 13.4. The average molecular weight is 274 g/mol. The van der Waals surface area contributed by atoms with Crippen LogP contribution in [0.5, 0.6) is 5.75 Å². The van der Waals surface area contributed by atoms with E-state index in [1.807, 2.05) is 38.1 Å². The third-order valence-electron chi connectivity index (χ3n) is 3.00. The molecular formula is C16H19FN2O. The largest absolute Gasteiger partial charge is 0.494 e. The van der Waals surface area contributed by atoms with E-state index in [4.69, 9.17) is 4.74 Å². The molecular weight excluding hydrogens is 255 g/mol. The van der Waals surface area contributed by atoms with Gasteiger partial charge in [0.15, 0.2) is 0 Å². The Labute approximate surface area is 118 Å². The molecule has 0 aliphatic rings. The molecule has 3 nitrogen and oxygen atoms in total. The van der Waals surface area contributed by atoms with Gasteiger partial charge in [0.2, 0.25) is 0 Å². The van der Waals surface area contributed by atoms with Gasteiger partial charge in [-0.2, -0.15) is 0 Å². The van der Waals surface area contributed by atoms with E-state index in [1.54, 1.807) is 6.20 Å². The van der Waals surface area contributed by atoms with E-state index in [0.29, 0.717) is 6.61 Å². The molecule has 0 fully saturated rings. The Balaban J connectivity index is 2.43. The summed E-state index contributed by atoms with van der Waals surface area (Å²) in [4.78, 5) is 3.93. The quantitative estimate of drug-likeness (QED) is 0.877. The van der Waals surface area contributed by atoms with E-state index in [2.05, 4.69) is 10.3 Å². The second-order valence-electron chi connectivity index (χ2n) is 4.40. The van der Waals surface area contributed by atoms with Crippen LogP contribution in [0.25, 0.3) is 0 Å². The molecule has 20 heavy (non-hydrogen) atoms. The van der Waals surface area contributed by atoms with E-state index in [1.165, 1.54) is 12.3 Å². The standard InChI is InChI=1S/C16H19FN2O/c1-3-19-16(12-9-13(17)11-18-10-12)14-7-5-6-8-15(14)20-4-2/h5-11,16,19H,3-4H2,1-2H3. The summed E-state index contributed by atoms with van der Waals surface area (Å²) in [6, 6.07) is 9.17. The van der Waals surface area contributed by atoms with Gasteiger partial charge in [-0.3, -0.25) is 4.98 Å². The van der Waals surface area contributed by atoms with Crippen LogP contribution in [0.1, 0.15) is 31.0 Å². The topological polar surface area (TPSA) is 34.2 Å². The molecule has 0 aliphatic carbocycles. The van der Waals surface area contributed by atoms with Gasteiger partial charge in [0, 0.05) is 11.8 Å². The number of nitrogens with one attached hydrogen (secondary N) is 1. The highest BCUT2D eigenvalue weighted by molar-refractivity contribution is 5.41. The minimum absolute atomic E-state index is 0.133. The monoisotopic (exact) mass is 274 g/mol. The van der Waals surface area contributed by atoms with Crippen molar-refractivity contribution < 1.29 is 9.13 Å². The maximum atomic E-state index is 13.4. The first-order valence-electron chi connectivity index (χ1n) is 6.81. The van der Waals surface area contributed by atoms with Crippen LogP contribution in [-0.2, 0) is 0 Å². The molecule has 0 bridgehead atoms. The van der Waals surface area contributed by atoms with Gasteiger partial charge in [-0.05, 0) is 31.2 Å². The van der Waals surface area contributed by atoms with Crippen LogP contribution in [0.2, 0.25) is 0 Å². The number of hydrogen-bond donors (Lipinski definition) is 1. The van der Waals surface area contributed by atoms with Crippen LogP contribution in [0.4, 0.5) is 4.39 Å². The molecule has 0 saturated heterocycles. The number of rotatable bonds is 6. The summed E-state index contributed by atoms with van der Waals surface area (Å²) in [7, 11) is 0. The van der Waals surface area contributed by atoms with Gasteiger partial charge < -0.3 is 10.1 Å². The number of pyridine rings is 1. The highest BCUT2D eigenvalue weighted by Gasteiger charge is 2.18. The summed E-state index contributed by atoms with van der Waals surface area (Å²) in [5, 5.41) is 3.35. The Bertz CT molecular complexity index is 560. The first kappa shape index (κ1) is 14.5. The predicted octanol–water partition coefficient (Wildman–Crippen LogP) is 3.32. The Morgan fingerprint density at radius 3 is 2.75 bits per heavy atom. The zero-order valence-corrected chi connectivity index (χ0v) is 11.8. The van der Waals surface area contributed by atoms with Gasteiger partial charge in [-0.15, -0.1) is 0 Å². The number of nitrogens with zero attached hydrogens (tertiary/aromatic N) is 1. The van der Waals surface area contributed by atoms with Gasteiger partial charge in [-0.25, -0.2) is 4.39 Å². The van der Waals surface area contributed by atoms with Gasteiger partial charge in [-0.1, -0.05) is 25.1 Å². The smallest absolute Gasteiger partial charge is 0.141 e. The van der Waals surface area contributed by atoms with Crippen molar-refractivity contribution in [1.29, 1.82) is 0 Å². The normalized spacial score (nSPS) is 12.2. The highest BCUT2D eigenvalue weighted by Crippen LogP contribution is 2.29. The minimum Gasteiger partial charge on any atom is -0.494 e. The SMILES string of the molecule is CCNC(c1cncc(F)c1)c1ccccc1OCC. The zero-order valence-electron chi connectivity index (χ0n) is 11.8. The van der Waals surface area contributed by atoms with Crippen molar-refractivity contribution in [3.8, 4) is 5.75 Å². The molecule has 2 rings (SSSR count). The summed E-state index contributed by atoms with van der Waals surface area (Å²) in [5.41, 5.74) is 1.78. The van der Waals surface area contributed by atoms with Crippen LogP contribution in [0.3, 0.4) is 0 Å². The van der Waals surface area contributed by atoms with Crippen LogP contribution in [-0.4, -0.2) is 18.1 Å². The van der Waals surface area contributed by atoms with Crippen molar-refractivity contribution in [2.24, 2.45) is 0 Å². The molecule has 4 heteroatoms. The molecule has 1 N–H and O–H groups in total. The third-order valence-corrected chi connectivity index (χ3v) is 3.00. The van der Waals surface area contributed by atoms with Crippen molar-refractivity contribution in [3.05, 3.63) is 59.7 Å². The van der Waals surface area contributed by atoms with Crippen LogP contribution in [0.15, 0.2) is 42.7 Å². The lowest BCUT2D eigenvalue weighted by molar-refractivity contribution is 0.333. The van der Waals surface area contributed by atoms with Crippen LogP contribution in [0, 0.1) is 5.82 Å². The summed E-state index contributed by atoms with van der Waals surface area (Å²) in [6.45, 7) is 5.32. The van der Waals surface area contributed by atoms with Crippen LogP contribution >= 0.6 is 0 Å². The van der Waals surface area contributed by atoms with E-state index in [-0.39, 0.29) is 11.9 Å². The van der Waals surface area contributed by atoms with Crippen molar-refractivity contribution in [2.45, 2.75) is 19.9 Å². The molecule has 0 radical (unpaired) electrons. The molecule has 1 heterocycles. The molecule has 106 valence electrons. The fourth-order valence-corrected chi connectivity index (χ4v) is 2.20. The van der Waals surface area contributed by atoms with Gasteiger partial charge in [0.05, 0.1) is 18.8 Å². The fourth-order valence-electron chi connectivity index (χ4n) is 2.20. The zero-order chi connectivity index (χ0) is 14.4. The Hall–Kier alpha value is -1.94. The Morgan fingerprint density at radius 1 is 1.25 bits per heavy atom. The molecule has 1 unspecified atom stereocenters. The van der Waals surface area contributed by atoms with E-state index in [0.717, 1.165) is 23.4 Å². The summed E-state index contributed by atoms with van der Waals surface area (Å²) < 4.78 is 19.1. The Kier molecular flexibility index (Phi) is 5.07. The van der Waals surface area contributed by atoms with Crippen molar-refractivity contribution >= 4 is 0 Å². The number of halogens is 1. The molecule has 1 aromatic carbocycles. The second-order valence-corrected chi connectivity index (χ2v) is 4.40. The lowest BCUT2D eigenvalue weighted by atomic mass is 9.99. The average Bonchev–Trinajstić information content (AvgIpc) is 2.46. The van der Waals surface area contributed by atoms with E-state index in [9.17, 15) is 4.39 Å². The van der Waals surface area contributed by atoms with Crippen LogP contribution < -0.4 is 10.1 Å². The lowest BCUT2D eigenvalue weighted by Crippen LogP contribution is -2.23. The van der Waals surface area contributed by atoms with Gasteiger partial charge in [0.25, 0.3) is 0 Å². The first-order chi connectivity index (χ1) is 9.76. The minimum atomic E-state index is -0.334. The number of ether oxygens (including phenoxy) is 1. The van der Waals surface area contributed by atoms with Crippen molar-refractivity contribution in [1.82, 2.24) is 10.3 Å². The molecule has 0 saturated carbocycles. The van der Waals surface area contributed by atoms with E-state index >= 15 is 0 Å². The molecule has 0 aliphatic heterocycles. The van der Waals surface area contributed by atoms with Crippen molar-refractivity contribution in [2.75, 3.05) is 13.2 Å². The maximum Gasteiger partial charge on any atom is 0.141 e. The Morgan fingerprint density at radius 2 is 2.05 bits per heavy atom.